The zero-order chi connectivity index (χ0) is 15.7. The molecule has 114 valence electrons. The number of halogens is 1. The summed E-state index contributed by atoms with van der Waals surface area (Å²) in [5, 5.41) is 11.4. The molecule has 0 aliphatic carbocycles. The van der Waals surface area contributed by atoms with E-state index in [4.69, 9.17) is 0 Å². The van der Waals surface area contributed by atoms with E-state index in [1.807, 2.05) is 20.8 Å². The molecule has 1 saturated heterocycles. The van der Waals surface area contributed by atoms with Gasteiger partial charge in [0.05, 0.1) is 10.0 Å². The van der Waals surface area contributed by atoms with E-state index < -0.39 is 0 Å². The van der Waals surface area contributed by atoms with Crippen LogP contribution in [0, 0.1) is 24.0 Å². The van der Waals surface area contributed by atoms with Gasteiger partial charge in [-0.2, -0.15) is 0 Å². The molecule has 0 N–H and O–H groups in total. The largest absolute Gasteiger partial charge is 0.375 e. The molecule has 0 atom stereocenters. The Hall–Kier alpha value is -1.43. The number of nitrogens with zero attached hydrogens (tertiary/aromatic N) is 3. The topological polar surface area (TPSA) is 59.3 Å². The second-order valence-electron chi connectivity index (χ2n) is 5.50. The molecule has 21 heavy (non-hydrogen) atoms. The molecule has 0 spiro atoms. The third-order valence-corrected chi connectivity index (χ3v) is 5.36. The van der Waals surface area contributed by atoms with E-state index in [0.717, 1.165) is 34.4 Å². The molecule has 1 fully saturated rings. The number of likely N-dealkylation sites (tertiary alicyclic amines) is 1. The molecular weight excluding hydrogens is 334 g/mol. The van der Waals surface area contributed by atoms with Crippen molar-refractivity contribution in [3.8, 4) is 0 Å². The van der Waals surface area contributed by atoms with Crippen LogP contribution in [-0.4, -0.2) is 27.9 Å². The summed E-state index contributed by atoms with van der Waals surface area (Å²) in [7, 11) is 0. The summed E-state index contributed by atoms with van der Waals surface area (Å²) in [6.45, 7) is 9.72. The number of pyridine rings is 1. The molecule has 0 amide bonds. The molecule has 1 aromatic rings. The molecule has 0 aromatic carbocycles. The lowest BCUT2D eigenvalue weighted by Gasteiger charge is -2.22. The van der Waals surface area contributed by atoms with Crippen LogP contribution < -0.4 is 0 Å². The van der Waals surface area contributed by atoms with Crippen LogP contribution in [0.4, 0.5) is 5.82 Å². The quantitative estimate of drug-likeness (QED) is 0.602. The first kappa shape index (κ1) is 15.9. The monoisotopic (exact) mass is 353 g/mol. The van der Waals surface area contributed by atoms with Crippen molar-refractivity contribution in [1.82, 2.24) is 9.88 Å². The summed E-state index contributed by atoms with van der Waals surface area (Å²) >= 11 is 3.49. The maximum atomic E-state index is 11.4. The lowest BCUT2D eigenvalue weighted by atomic mass is 10.00. The highest BCUT2D eigenvalue weighted by Crippen LogP contribution is 2.36. The first-order valence-corrected chi connectivity index (χ1v) is 7.87. The molecule has 0 unspecified atom stereocenters. The molecule has 0 radical (unpaired) electrons. The van der Waals surface area contributed by atoms with Crippen LogP contribution in [0.3, 0.4) is 0 Å². The Labute approximate surface area is 133 Å². The molecule has 6 heteroatoms. The van der Waals surface area contributed by atoms with Crippen molar-refractivity contribution >= 4 is 27.3 Å². The van der Waals surface area contributed by atoms with Gasteiger partial charge in [0.1, 0.15) is 0 Å². The molecular formula is C15H20BrN3O2. The minimum absolute atomic E-state index is 0.0516. The van der Waals surface area contributed by atoms with E-state index in [9.17, 15) is 10.1 Å². The Morgan fingerprint density at radius 2 is 1.86 bits per heavy atom. The van der Waals surface area contributed by atoms with Gasteiger partial charge in [0, 0.05) is 25.7 Å². The van der Waals surface area contributed by atoms with Crippen LogP contribution >= 0.6 is 15.9 Å². The van der Waals surface area contributed by atoms with Crippen molar-refractivity contribution in [2.24, 2.45) is 0 Å². The third kappa shape index (κ3) is 2.95. The highest BCUT2D eigenvalue weighted by Gasteiger charge is 2.26. The van der Waals surface area contributed by atoms with Gasteiger partial charge in [-0.25, -0.2) is 0 Å². The van der Waals surface area contributed by atoms with Crippen molar-refractivity contribution in [1.29, 1.82) is 0 Å². The van der Waals surface area contributed by atoms with Crippen LogP contribution in [-0.2, 0) is 0 Å². The summed E-state index contributed by atoms with van der Waals surface area (Å²) in [6, 6.07) is 0. The fourth-order valence-electron chi connectivity index (χ4n) is 2.86. The van der Waals surface area contributed by atoms with Crippen molar-refractivity contribution < 1.29 is 4.92 Å². The van der Waals surface area contributed by atoms with Crippen LogP contribution in [0.1, 0.15) is 43.5 Å². The van der Waals surface area contributed by atoms with E-state index in [1.165, 1.54) is 12.8 Å². The fraction of sp³-hybridized carbons (Fsp3) is 0.533. The first-order chi connectivity index (χ1) is 9.84. The van der Waals surface area contributed by atoms with Crippen LogP contribution in [0.25, 0.3) is 5.57 Å². The highest BCUT2D eigenvalue weighted by molar-refractivity contribution is 9.10. The maximum Gasteiger partial charge on any atom is 0.371 e. The number of aromatic nitrogens is 1. The van der Waals surface area contributed by atoms with Crippen LogP contribution in [0.15, 0.2) is 10.2 Å². The molecule has 0 saturated carbocycles. The molecule has 1 aliphatic rings. The number of allylic oxidation sites excluding steroid dienone is 2. The van der Waals surface area contributed by atoms with E-state index in [1.54, 1.807) is 6.92 Å². The molecule has 1 aliphatic heterocycles. The lowest BCUT2D eigenvalue weighted by molar-refractivity contribution is -0.389. The van der Waals surface area contributed by atoms with Crippen LogP contribution in [0.2, 0.25) is 0 Å². The number of rotatable bonds is 3. The summed E-state index contributed by atoms with van der Waals surface area (Å²) < 4.78 is 0.844. The van der Waals surface area contributed by atoms with Gasteiger partial charge in [-0.05, 0) is 70.6 Å². The molecule has 1 aromatic heterocycles. The summed E-state index contributed by atoms with van der Waals surface area (Å²) in [5.74, 6) is -0.0516. The average Bonchev–Trinajstić information content (AvgIpc) is 2.96. The van der Waals surface area contributed by atoms with Gasteiger partial charge in [-0.1, -0.05) is 0 Å². The van der Waals surface area contributed by atoms with Gasteiger partial charge in [-0.15, -0.1) is 0 Å². The first-order valence-electron chi connectivity index (χ1n) is 7.08. The summed E-state index contributed by atoms with van der Waals surface area (Å²) in [6.07, 6.45) is 2.36. The van der Waals surface area contributed by atoms with Gasteiger partial charge in [0.25, 0.3) is 0 Å². The van der Waals surface area contributed by atoms with E-state index in [-0.39, 0.29) is 10.7 Å². The lowest BCUT2D eigenvalue weighted by Crippen LogP contribution is -2.18. The minimum Gasteiger partial charge on any atom is -0.375 e. The third-order valence-electron chi connectivity index (χ3n) is 4.19. The molecule has 0 bridgehead atoms. The van der Waals surface area contributed by atoms with Crippen molar-refractivity contribution in [3.63, 3.8) is 0 Å². The van der Waals surface area contributed by atoms with Gasteiger partial charge in [0.15, 0.2) is 5.69 Å². The predicted molar refractivity (Wildman–Crippen MR) is 87.1 cm³/mol. The zero-order valence-corrected chi connectivity index (χ0v) is 14.5. The second kappa shape index (κ2) is 6.13. The second-order valence-corrected chi connectivity index (χ2v) is 6.29. The number of hydrogen-bond donors (Lipinski definition) is 0. The van der Waals surface area contributed by atoms with Gasteiger partial charge in [-0.3, -0.25) is 0 Å². The Morgan fingerprint density at radius 1 is 1.29 bits per heavy atom. The fourth-order valence-corrected chi connectivity index (χ4v) is 3.15. The van der Waals surface area contributed by atoms with Gasteiger partial charge >= 0.3 is 5.82 Å². The summed E-state index contributed by atoms with van der Waals surface area (Å²) in [4.78, 5) is 17.5. The molecule has 5 nitrogen and oxygen atoms in total. The normalized spacial score (nSPS) is 16.1. The Balaban J connectivity index is 2.64. The van der Waals surface area contributed by atoms with E-state index in [2.05, 4.69) is 25.8 Å². The Morgan fingerprint density at radius 3 is 2.38 bits per heavy atom. The van der Waals surface area contributed by atoms with Crippen molar-refractivity contribution in [2.75, 3.05) is 13.1 Å². The van der Waals surface area contributed by atoms with Gasteiger partial charge in [0.2, 0.25) is 0 Å². The number of hydrogen-bond acceptors (Lipinski definition) is 4. The van der Waals surface area contributed by atoms with Gasteiger partial charge < -0.3 is 15.0 Å². The predicted octanol–water partition coefficient (Wildman–Crippen LogP) is 4.22. The van der Waals surface area contributed by atoms with Crippen molar-refractivity contribution in [2.45, 2.75) is 40.5 Å². The SMILES string of the molecule is C/C(=C(/C)N1CCCC1)c1c([N+](=O)[O-])nc(C)c(Br)c1C. The molecule has 2 rings (SSSR count). The zero-order valence-electron chi connectivity index (χ0n) is 12.9. The average molecular weight is 354 g/mol. The Kier molecular flexibility index (Phi) is 4.66. The Bertz CT molecular complexity index is 620. The van der Waals surface area contributed by atoms with Crippen molar-refractivity contribution in [3.05, 3.63) is 37.1 Å². The number of nitro groups is 1. The molecule has 2 heterocycles. The van der Waals surface area contributed by atoms with E-state index >= 15 is 0 Å². The minimum atomic E-state index is -0.386. The standard InChI is InChI=1S/C15H20BrN3O2/c1-9(12(4)18-7-5-6-8-18)13-10(2)14(16)11(3)17-15(13)19(20)21/h5-8H2,1-4H3/b12-9+. The van der Waals surface area contributed by atoms with E-state index in [0.29, 0.717) is 11.3 Å². The van der Waals surface area contributed by atoms with Crippen LogP contribution in [0.5, 0.6) is 0 Å². The maximum absolute atomic E-state index is 11.4. The smallest absolute Gasteiger partial charge is 0.371 e. The summed E-state index contributed by atoms with van der Waals surface area (Å²) in [5.41, 5.74) is 4.22. The number of aryl methyl sites for hydroxylation is 1. The highest BCUT2D eigenvalue weighted by atomic mass is 79.9.